The minimum absolute atomic E-state index is 0.505. The molecule has 1 aromatic carbocycles. The summed E-state index contributed by atoms with van der Waals surface area (Å²) < 4.78 is 10.6. The summed E-state index contributed by atoms with van der Waals surface area (Å²) in [6.07, 6.45) is 0. The second kappa shape index (κ2) is 7.11. The first-order valence-corrected chi connectivity index (χ1v) is 6.25. The first-order chi connectivity index (χ1) is 8.58. The van der Waals surface area contributed by atoms with E-state index in [0.717, 1.165) is 30.3 Å². The number of likely N-dealkylation sites (N-methyl/N-ethyl adjacent to an activating group) is 1. The Bertz CT molecular complexity index is 367. The van der Waals surface area contributed by atoms with Crippen molar-refractivity contribution in [2.24, 2.45) is 0 Å². The van der Waals surface area contributed by atoms with E-state index in [9.17, 15) is 0 Å². The summed E-state index contributed by atoms with van der Waals surface area (Å²) in [4.78, 5) is 2.16. The van der Waals surface area contributed by atoms with Crippen LogP contribution in [0.25, 0.3) is 0 Å². The highest BCUT2D eigenvalue weighted by molar-refractivity contribution is 5.61. The van der Waals surface area contributed by atoms with Gasteiger partial charge in [0.15, 0.2) is 0 Å². The van der Waals surface area contributed by atoms with Crippen LogP contribution in [0.15, 0.2) is 18.2 Å². The molecule has 0 bridgehead atoms. The highest BCUT2D eigenvalue weighted by Gasteiger charge is 2.09. The average Bonchev–Trinajstić information content (AvgIpc) is 2.37. The van der Waals surface area contributed by atoms with Gasteiger partial charge in [0.1, 0.15) is 11.5 Å². The largest absolute Gasteiger partial charge is 0.497 e. The van der Waals surface area contributed by atoms with Gasteiger partial charge < -0.3 is 19.7 Å². The van der Waals surface area contributed by atoms with Crippen molar-refractivity contribution < 1.29 is 9.47 Å². The molecule has 0 saturated carbocycles. The van der Waals surface area contributed by atoms with E-state index in [2.05, 4.69) is 31.1 Å². The summed E-state index contributed by atoms with van der Waals surface area (Å²) >= 11 is 0. The third-order valence-electron chi connectivity index (χ3n) is 2.80. The number of methoxy groups -OCH3 is 2. The fourth-order valence-electron chi connectivity index (χ4n) is 1.74. The van der Waals surface area contributed by atoms with Crippen LogP contribution in [0.2, 0.25) is 0 Å². The van der Waals surface area contributed by atoms with Gasteiger partial charge in [-0.05, 0) is 12.1 Å². The Labute approximate surface area is 110 Å². The molecule has 1 aromatic rings. The van der Waals surface area contributed by atoms with Crippen molar-refractivity contribution in [2.45, 2.75) is 19.9 Å². The maximum Gasteiger partial charge on any atom is 0.142 e. The third kappa shape index (κ3) is 4.11. The van der Waals surface area contributed by atoms with E-state index in [-0.39, 0.29) is 0 Å². The van der Waals surface area contributed by atoms with E-state index in [1.807, 2.05) is 18.2 Å². The van der Waals surface area contributed by atoms with Crippen molar-refractivity contribution in [3.63, 3.8) is 0 Å². The molecule has 4 heteroatoms. The van der Waals surface area contributed by atoms with Crippen molar-refractivity contribution in [3.8, 4) is 11.5 Å². The van der Waals surface area contributed by atoms with Gasteiger partial charge in [-0.3, -0.25) is 0 Å². The molecule has 0 aliphatic rings. The fourth-order valence-corrected chi connectivity index (χ4v) is 1.74. The van der Waals surface area contributed by atoms with Crippen molar-refractivity contribution in [1.29, 1.82) is 0 Å². The molecule has 1 rings (SSSR count). The SMILES string of the molecule is COc1ccc(OC)c(N(C)CCNC(C)C)c1. The van der Waals surface area contributed by atoms with Crippen LogP contribution < -0.4 is 19.7 Å². The number of benzene rings is 1. The standard InChI is InChI=1S/C14H24N2O2/c1-11(2)15-8-9-16(3)13-10-12(17-4)6-7-14(13)18-5/h6-7,10-11,15H,8-9H2,1-5H3. The monoisotopic (exact) mass is 252 g/mol. The van der Waals surface area contributed by atoms with Crippen LogP contribution in [0.3, 0.4) is 0 Å². The zero-order valence-corrected chi connectivity index (χ0v) is 12.0. The number of hydrogen-bond acceptors (Lipinski definition) is 4. The molecule has 0 aromatic heterocycles. The van der Waals surface area contributed by atoms with Crippen molar-refractivity contribution >= 4 is 5.69 Å². The fraction of sp³-hybridized carbons (Fsp3) is 0.571. The lowest BCUT2D eigenvalue weighted by atomic mass is 10.2. The number of anilines is 1. The van der Waals surface area contributed by atoms with E-state index < -0.39 is 0 Å². The van der Waals surface area contributed by atoms with Gasteiger partial charge in [-0.2, -0.15) is 0 Å². The Kier molecular flexibility index (Phi) is 5.78. The lowest BCUT2D eigenvalue weighted by Crippen LogP contribution is -2.32. The number of ether oxygens (including phenoxy) is 2. The smallest absolute Gasteiger partial charge is 0.142 e. The Hall–Kier alpha value is -1.42. The van der Waals surface area contributed by atoms with Crippen LogP contribution >= 0.6 is 0 Å². The van der Waals surface area contributed by atoms with Gasteiger partial charge in [0, 0.05) is 32.2 Å². The van der Waals surface area contributed by atoms with Crippen LogP contribution in [0.5, 0.6) is 11.5 Å². The highest BCUT2D eigenvalue weighted by atomic mass is 16.5. The molecule has 18 heavy (non-hydrogen) atoms. The van der Waals surface area contributed by atoms with Gasteiger partial charge in [-0.25, -0.2) is 0 Å². The highest BCUT2D eigenvalue weighted by Crippen LogP contribution is 2.31. The molecule has 0 atom stereocenters. The second-order valence-corrected chi connectivity index (χ2v) is 4.57. The first-order valence-electron chi connectivity index (χ1n) is 6.25. The minimum Gasteiger partial charge on any atom is -0.497 e. The predicted octanol–water partition coefficient (Wildman–Crippen LogP) is 2.14. The molecule has 4 nitrogen and oxygen atoms in total. The molecule has 0 fully saturated rings. The second-order valence-electron chi connectivity index (χ2n) is 4.57. The summed E-state index contributed by atoms with van der Waals surface area (Å²) in [6, 6.07) is 6.34. The van der Waals surface area contributed by atoms with Gasteiger partial charge >= 0.3 is 0 Å². The van der Waals surface area contributed by atoms with Crippen LogP contribution in [0.1, 0.15) is 13.8 Å². The number of rotatable bonds is 7. The lowest BCUT2D eigenvalue weighted by Gasteiger charge is -2.23. The lowest BCUT2D eigenvalue weighted by molar-refractivity contribution is 0.403. The predicted molar refractivity (Wildman–Crippen MR) is 76.0 cm³/mol. The third-order valence-corrected chi connectivity index (χ3v) is 2.80. The molecular formula is C14H24N2O2. The van der Waals surface area contributed by atoms with Crippen LogP contribution in [-0.2, 0) is 0 Å². The molecule has 1 N–H and O–H groups in total. The number of nitrogens with one attached hydrogen (secondary N) is 1. The quantitative estimate of drug-likeness (QED) is 0.806. The van der Waals surface area contributed by atoms with Crippen LogP contribution in [-0.4, -0.2) is 40.4 Å². The van der Waals surface area contributed by atoms with Crippen molar-refractivity contribution in [1.82, 2.24) is 5.32 Å². The summed E-state index contributed by atoms with van der Waals surface area (Å²) in [7, 11) is 5.41. The average molecular weight is 252 g/mol. The molecule has 0 unspecified atom stereocenters. The summed E-state index contributed by atoms with van der Waals surface area (Å²) in [5.41, 5.74) is 1.04. The van der Waals surface area contributed by atoms with Gasteiger partial charge in [-0.1, -0.05) is 13.8 Å². The molecule has 0 heterocycles. The Morgan fingerprint density at radius 3 is 2.50 bits per heavy atom. The molecule has 0 spiro atoms. The first kappa shape index (κ1) is 14.6. The van der Waals surface area contributed by atoms with Gasteiger partial charge in [0.05, 0.1) is 19.9 Å². The molecule has 0 saturated heterocycles. The zero-order valence-electron chi connectivity index (χ0n) is 12.0. The summed E-state index contributed by atoms with van der Waals surface area (Å²) in [5.74, 6) is 1.71. The van der Waals surface area contributed by atoms with E-state index in [1.165, 1.54) is 0 Å². The number of nitrogens with zero attached hydrogens (tertiary/aromatic N) is 1. The molecule has 0 aliphatic carbocycles. The van der Waals surface area contributed by atoms with Gasteiger partial charge in [0.25, 0.3) is 0 Å². The minimum atomic E-state index is 0.505. The van der Waals surface area contributed by atoms with Gasteiger partial charge in [0.2, 0.25) is 0 Å². The van der Waals surface area contributed by atoms with E-state index in [4.69, 9.17) is 9.47 Å². The summed E-state index contributed by atoms with van der Waals surface area (Å²) in [6.45, 7) is 6.15. The molecule has 0 aliphatic heterocycles. The maximum absolute atomic E-state index is 5.38. The normalized spacial score (nSPS) is 10.6. The van der Waals surface area contributed by atoms with Crippen LogP contribution in [0, 0.1) is 0 Å². The summed E-state index contributed by atoms with van der Waals surface area (Å²) in [5, 5.41) is 3.40. The van der Waals surface area contributed by atoms with Gasteiger partial charge in [-0.15, -0.1) is 0 Å². The maximum atomic E-state index is 5.38. The number of hydrogen-bond donors (Lipinski definition) is 1. The molecule has 0 amide bonds. The van der Waals surface area contributed by atoms with Crippen molar-refractivity contribution in [2.75, 3.05) is 39.3 Å². The van der Waals surface area contributed by atoms with E-state index in [1.54, 1.807) is 14.2 Å². The van der Waals surface area contributed by atoms with E-state index in [0.29, 0.717) is 6.04 Å². The topological polar surface area (TPSA) is 33.7 Å². The Balaban J connectivity index is 2.72. The van der Waals surface area contributed by atoms with E-state index >= 15 is 0 Å². The Morgan fingerprint density at radius 1 is 1.22 bits per heavy atom. The zero-order chi connectivity index (χ0) is 13.5. The Morgan fingerprint density at radius 2 is 1.94 bits per heavy atom. The molecular weight excluding hydrogens is 228 g/mol. The van der Waals surface area contributed by atoms with Crippen LogP contribution in [0.4, 0.5) is 5.69 Å². The molecule has 102 valence electrons. The molecule has 0 radical (unpaired) electrons. The van der Waals surface area contributed by atoms with Crippen molar-refractivity contribution in [3.05, 3.63) is 18.2 Å².